The van der Waals surface area contributed by atoms with Gasteiger partial charge in [0, 0.05) is 15.2 Å². The first-order chi connectivity index (χ1) is 14.9. The molecule has 0 spiro atoms. The van der Waals surface area contributed by atoms with Gasteiger partial charge in [-0.15, -0.1) is 0 Å². The van der Waals surface area contributed by atoms with Crippen molar-refractivity contribution in [3.63, 3.8) is 0 Å². The number of rotatable bonds is 5. The summed E-state index contributed by atoms with van der Waals surface area (Å²) in [6.45, 7) is -0.0773. The number of halogens is 2. The van der Waals surface area contributed by atoms with Crippen molar-refractivity contribution in [3.8, 4) is 0 Å². The van der Waals surface area contributed by atoms with Crippen molar-refractivity contribution in [2.24, 2.45) is 0 Å². The van der Waals surface area contributed by atoms with E-state index in [1.54, 1.807) is 42.5 Å². The van der Waals surface area contributed by atoms with E-state index < -0.39 is 17.0 Å². The van der Waals surface area contributed by atoms with Gasteiger partial charge in [0.1, 0.15) is 6.54 Å². The number of fused-ring (bicyclic) bond motifs is 1. The van der Waals surface area contributed by atoms with Crippen molar-refractivity contribution in [2.45, 2.75) is 13.1 Å². The molecule has 4 rings (SSSR count). The first-order valence-corrected chi connectivity index (χ1v) is 10.6. The van der Waals surface area contributed by atoms with Crippen LogP contribution in [0.15, 0.2) is 86.9 Å². The summed E-state index contributed by atoms with van der Waals surface area (Å²) in [6, 6.07) is 21.4. The molecule has 0 aliphatic carbocycles. The molecule has 6 nitrogen and oxygen atoms in total. The van der Waals surface area contributed by atoms with E-state index in [2.05, 4.69) is 21.2 Å². The van der Waals surface area contributed by atoms with Gasteiger partial charge in [-0.25, -0.2) is 0 Å². The number of nitrogens with one attached hydrogen (secondary N) is 1. The van der Waals surface area contributed by atoms with Crippen LogP contribution in [-0.4, -0.2) is 15.0 Å². The zero-order valence-corrected chi connectivity index (χ0v) is 18.6. The molecular weight excluding hydrogens is 482 g/mol. The average Bonchev–Trinajstić information content (AvgIpc) is 2.76. The number of hydrogen-bond acceptors (Lipinski definition) is 3. The highest BCUT2D eigenvalue weighted by atomic mass is 79.9. The van der Waals surface area contributed by atoms with E-state index in [-0.39, 0.29) is 13.1 Å². The van der Waals surface area contributed by atoms with Crippen LogP contribution in [0.2, 0.25) is 5.02 Å². The summed E-state index contributed by atoms with van der Waals surface area (Å²) in [7, 11) is 0. The van der Waals surface area contributed by atoms with Gasteiger partial charge in [0.2, 0.25) is 5.91 Å². The smallest absolute Gasteiger partial charge is 0.317 e. The van der Waals surface area contributed by atoms with Gasteiger partial charge in [-0.05, 0) is 48.0 Å². The molecule has 0 saturated heterocycles. The second kappa shape index (κ2) is 8.91. The Bertz CT molecular complexity index is 1380. The number of carbonyl (C=O) groups excluding carboxylic acids is 1. The van der Waals surface area contributed by atoms with Crippen LogP contribution in [0.3, 0.4) is 0 Å². The Balaban J connectivity index is 1.76. The number of hydrogen-bond donors (Lipinski definition) is 1. The Morgan fingerprint density at radius 3 is 2.26 bits per heavy atom. The Hall–Kier alpha value is -3.16. The summed E-state index contributed by atoms with van der Waals surface area (Å²) in [4.78, 5) is 38.5. The highest BCUT2D eigenvalue weighted by Gasteiger charge is 2.16. The van der Waals surface area contributed by atoms with Crippen LogP contribution >= 0.6 is 27.5 Å². The fraction of sp³-hybridized carbons (Fsp3) is 0.0870. The van der Waals surface area contributed by atoms with Crippen molar-refractivity contribution in [3.05, 3.63) is 109 Å². The number of carbonyl (C=O) groups is 1. The van der Waals surface area contributed by atoms with E-state index in [1.807, 2.05) is 30.3 Å². The first-order valence-electron chi connectivity index (χ1n) is 9.44. The van der Waals surface area contributed by atoms with E-state index in [0.717, 1.165) is 10.0 Å². The molecule has 0 bridgehead atoms. The minimum Gasteiger partial charge on any atom is -0.325 e. The molecule has 0 aliphatic rings. The van der Waals surface area contributed by atoms with Gasteiger partial charge in [-0.1, -0.05) is 57.9 Å². The zero-order chi connectivity index (χ0) is 22.0. The molecule has 4 aromatic rings. The fourth-order valence-corrected chi connectivity index (χ4v) is 3.78. The molecule has 1 aromatic heterocycles. The number of anilines is 1. The van der Waals surface area contributed by atoms with Gasteiger partial charge in [-0.3, -0.25) is 23.5 Å². The lowest BCUT2D eigenvalue weighted by molar-refractivity contribution is -0.116. The van der Waals surface area contributed by atoms with Crippen molar-refractivity contribution in [2.75, 3.05) is 5.32 Å². The monoisotopic (exact) mass is 497 g/mol. The second-order valence-corrected chi connectivity index (χ2v) is 8.31. The summed E-state index contributed by atoms with van der Waals surface area (Å²) in [5.74, 6) is -0.425. The van der Waals surface area contributed by atoms with E-state index >= 15 is 0 Å². The number of amides is 1. The molecule has 0 radical (unpaired) electrons. The van der Waals surface area contributed by atoms with Gasteiger partial charge in [0.25, 0.3) is 0 Å². The predicted molar refractivity (Wildman–Crippen MR) is 126 cm³/mol. The third kappa shape index (κ3) is 4.62. The van der Waals surface area contributed by atoms with Crippen LogP contribution in [0.25, 0.3) is 11.0 Å². The van der Waals surface area contributed by atoms with Crippen molar-refractivity contribution < 1.29 is 4.79 Å². The summed E-state index contributed by atoms with van der Waals surface area (Å²) >= 11 is 9.51. The summed E-state index contributed by atoms with van der Waals surface area (Å²) < 4.78 is 3.45. The molecule has 0 unspecified atom stereocenters. The van der Waals surface area contributed by atoms with Crippen molar-refractivity contribution in [1.29, 1.82) is 0 Å². The lowest BCUT2D eigenvalue weighted by atomic mass is 10.2. The van der Waals surface area contributed by atoms with Crippen LogP contribution in [0, 0.1) is 0 Å². The lowest BCUT2D eigenvalue weighted by Gasteiger charge is -2.15. The molecule has 1 heterocycles. The van der Waals surface area contributed by atoms with Crippen molar-refractivity contribution >= 4 is 50.2 Å². The topological polar surface area (TPSA) is 73.1 Å². The Morgan fingerprint density at radius 2 is 1.55 bits per heavy atom. The highest BCUT2D eigenvalue weighted by molar-refractivity contribution is 9.10. The van der Waals surface area contributed by atoms with Gasteiger partial charge in [-0.2, -0.15) is 0 Å². The van der Waals surface area contributed by atoms with Crippen LogP contribution in [0.1, 0.15) is 5.56 Å². The second-order valence-electron chi connectivity index (χ2n) is 6.96. The maximum Gasteiger partial charge on any atom is 0.317 e. The third-order valence-electron chi connectivity index (χ3n) is 4.81. The minimum atomic E-state index is -0.781. The van der Waals surface area contributed by atoms with E-state index in [4.69, 9.17) is 11.6 Å². The Kier molecular flexibility index (Phi) is 6.06. The van der Waals surface area contributed by atoms with Crippen LogP contribution in [0.4, 0.5) is 5.69 Å². The molecule has 31 heavy (non-hydrogen) atoms. The van der Waals surface area contributed by atoms with Gasteiger partial charge >= 0.3 is 11.1 Å². The maximum absolute atomic E-state index is 12.9. The van der Waals surface area contributed by atoms with Crippen molar-refractivity contribution in [1.82, 2.24) is 9.13 Å². The lowest BCUT2D eigenvalue weighted by Crippen LogP contribution is -2.43. The van der Waals surface area contributed by atoms with Gasteiger partial charge < -0.3 is 5.32 Å². The molecule has 0 saturated carbocycles. The summed E-state index contributed by atoms with van der Waals surface area (Å²) in [5.41, 5.74) is 0.923. The summed E-state index contributed by atoms with van der Waals surface area (Å²) in [6.07, 6.45) is 0. The zero-order valence-electron chi connectivity index (χ0n) is 16.2. The quantitative estimate of drug-likeness (QED) is 0.418. The van der Waals surface area contributed by atoms with E-state index in [1.165, 1.54) is 9.13 Å². The SMILES string of the molecule is O=C(Cn1c(=O)c(=O)n(Cc2ccccc2)c2ccc(Cl)cc21)Nc1ccc(Br)cc1. The van der Waals surface area contributed by atoms with Crippen LogP contribution < -0.4 is 16.4 Å². The van der Waals surface area contributed by atoms with Gasteiger partial charge in [0.15, 0.2) is 0 Å². The molecule has 0 fully saturated rings. The number of aromatic nitrogens is 2. The molecule has 1 N–H and O–H groups in total. The molecular formula is C23H17BrClN3O3. The minimum absolute atomic E-state index is 0.235. The molecule has 156 valence electrons. The number of nitrogens with zero attached hydrogens (tertiary/aromatic N) is 2. The van der Waals surface area contributed by atoms with Crippen LogP contribution in [-0.2, 0) is 17.9 Å². The van der Waals surface area contributed by atoms with Gasteiger partial charge in [0.05, 0.1) is 17.6 Å². The Labute approximate surface area is 190 Å². The molecule has 1 amide bonds. The van der Waals surface area contributed by atoms with Crippen LogP contribution in [0.5, 0.6) is 0 Å². The largest absolute Gasteiger partial charge is 0.325 e. The normalized spacial score (nSPS) is 10.9. The Morgan fingerprint density at radius 1 is 0.871 bits per heavy atom. The molecule has 8 heteroatoms. The maximum atomic E-state index is 12.9. The van der Waals surface area contributed by atoms with E-state index in [0.29, 0.717) is 21.7 Å². The summed E-state index contributed by atoms with van der Waals surface area (Å²) in [5, 5.41) is 3.14. The third-order valence-corrected chi connectivity index (χ3v) is 5.57. The van der Waals surface area contributed by atoms with E-state index in [9.17, 15) is 14.4 Å². The molecule has 3 aromatic carbocycles. The predicted octanol–water partition coefficient (Wildman–Crippen LogP) is 4.27. The molecule has 0 atom stereocenters. The number of benzene rings is 3. The first kappa shape index (κ1) is 21.1. The fourth-order valence-electron chi connectivity index (χ4n) is 3.35. The molecule has 0 aliphatic heterocycles. The standard InChI is InChI=1S/C23H17BrClN3O3/c24-16-6-9-18(10-7-16)26-21(29)14-28-20-12-17(25)8-11-19(20)27(22(30)23(28)31)13-15-4-2-1-3-5-15/h1-12H,13-14H2,(H,26,29). The average molecular weight is 499 g/mol. The highest BCUT2D eigenvalue weighted by Crippen LogP contribution is 2.19.